The van der Waals surface area contributed by atoms with Crippen molar-refractivity contribution in [1.29, 1.82) is 0 Å². The van der Waals surface area contributed by atoms with Gasteiger partial charge in [-0.2, -0.15) is 5.10 Å². The first-order chi connectivity index (χ1) is 13.3. The van der Waals surface area contributed by atoms with Crippen molar-refractivity contribution in [2.75, 3.05) is 11.9 Å². The number of benzene rings is 1. The van der Waals surface area contributed by atoms with Gasteiger partial charge in [-0.05, 0) is 67.4 Å². The normalized spacial score (nSPS) is 17.6. The summed E-state index contributed by atoms with van der Waals surface area (Å²) in [6, 6.07) is 13.6. The summed E-state index contributed by atoms with van der Waals surface area (Å²) in [7, 11) is 0. The van der Waals surface area contributed by atoms with Gasteiger partial charge in [-0.1, -0.05) is 6.42 Å². The number of pyridine rings is 1. The van der Waals surface area contributed by atoms with E-state index >= 15 is 0 Å². The van der Waals surface area contributed by atoms with E-state index < -0.39 is 0 Å². The van der Waals surface area contributed by atoms with Crippen LogP contribution in [0.1, 0.15) is 24.8 Å². The third-order valence-electron chi connectivity index (χ3n) is 4.96. The number of aromatic nitrogens is 3. The van der Waals surface area contributed by atoms with Crippen molar-refractivity contribution < 1.29 is 4.79 Å². The van der Waals surface area contributed by atoms with Crippen LogP contribution in [-0.2, 0) is 11.3 Å². The van der Waals surface area contributed by atoms with E-state index in [1.54, 1.807) is 23.3 Å². The topological polar surface area (TPSA) is 63.1 Å². The lowest BCUT2D eigenvalue weighted by atomic mass is 10.0. The number of hydrogen-bond donors (Lipinski definition) is 1. The minimum Gasteiger partial charge on any atom is -0.325 e. The second-order valence-electron chi connectivity index (χ2n) is 6.82. The smallest absolute Gasteiger partial charge is 0.241 e. The monoisotopic (exact) mass is 361 g/mol. The van der Waals surface area contributed by atoms with Crippen molar-refractivity contribution in [2.24, 2.45) is 0 Å². The number of carbonyl (C=O) groups excluding carboxylic acids is 1. The number of carbonyl (C=O) groups is 1. The Bertz CT molecular complexity index is 861. The molecule has 3 aromatic rings. The van der Waals surface area contributed by atoms with E-state index in [0.29, 0.717) is 0 Å². The molecule has 6 heteroatoms. The number of likely N-dealkylation sites (tertiary alicyclic amines) is 1. The van der Waals surface area contributed by atoms with Crippen LogP contribution in [-0.4, -0.2) is 38.2 Å². The fourth-order valence-electron chi connectivity index (χ4n) is 3.54. The largest absolute Gasteiger partial charge is 0.325 e. The zero-order chi connectivity index (χ0) is 18.5. The van der Waals surface area contributed by atoms with Gasteiger partial charge in [0.1, 0.15) is 0 Å². The third kappa shape index (κ3) is 4.23. The van der Waals surface area contributed by atoms with Crippen molar-refractivity contribution in [1.82, 2.24) is 19.7 Å². The highest BCUT2D eigenvalue weighted by Gasteiger charge is 2.28. The lowest BCUT2D eigenvalue weighted by Gasteiger charge is -2.34. The summed E-state index contributed by atoms with van der Waals surface area (Å²) < 4.78 is 1.79. The van der Waals surface area contributed by atoms with E-state index in [0.717, 1.165) is 43.7 Å². The Morgan fingerprint density at radius 2 is 1.89 bits per heavy atom. The van der Waals surface area contributed by atoms with Gasteiger partial charge in [0.05, 0.1) is 11.7 Å². The molecule has 0 spiro atoms. The van der Waals surface area contributed by atoms with E-state index in [-0.39, 0.29) is 11.9 Å². The number of rotatable bonds is 5. The fraction of sp³-hybridized carbons (Fsp3) is 0.286. The summed E-state index contributed by atoms with van der Waals surface area (Å²) in [6.07, 6.45) is 10.4. The molecule has 3 heterocycles. The molecular weight excluding hydrogens is 338 g/mol. The lowest BCUT2D eigenvalue weighted by molar-refractivity contribution is -0.122. The Kier molecular flexibility index (Phi) is 5.25. The molecule has 4 rings (SSSR count). The van der Waals surface area contributed by atoms with E-state index in [1.807, 2.05) is 48.7 Å². The first-order valence-corrected chi connectivity index (χ1v) is 9.33. The standard InChI is InChI=1S/C21H23N5O/c27-21(24-18-5-7-19(8-6-18)26-15-3-11-23-26)20-4-1-2-14-25(20)16-17-9-12-22-13-10-17/h3,5-13,15,20H,1-2,4,14,16H2,(H,24,27). The Labute approximate surface area is 158 Å². The lowest BCUT2D eigenvalue weighted by Crippen LogP contribution is -2.46. The van der Waals surface area contributed by atoms with Crippen LogP contribution in [0.15, 0.2) is 67.3 Å². The minimum atomic E-state index is -0.0993. The average Bonchev–Trinajstić information content (AvgIpc) is 3.25. The number of amides is 1. The molecule has 0 radical (unpaired) electrons. The van der Waals surface area contributed by atoms with Gasteiger partial charge < -0.3 is 5.32 Å². The number of hydrogen-bond acceptors (Lipinski definition) is 4. The summed E-state index contributed by atoms with van der Waals surface area (Å²) in [6.45, 7) is 1.72. The summed E-state index contributed by atoms with van der Waals surface area (Å²) in [5.41, 5.74) is 2.97. The third-order valence-corrected chi connectivity index (χ3v) is 4.96. The molecule has 1 saturated heterocycles. The number of nitrogens with zero attached hydrogens (tertiary/aromatic N) is 4. The highest BCUT2D eigenvalue weighted by atomic mass is 16.2. The second kappa shape index (κ2) is 8.14. The molecule has 1 aliphatic rings. The van der Waals surface area contributed by atoms with Gasteiger partial charge in [-0.25, -0.2) is 4.68 Å². The molecule has 0 saturated carbocycles. The van der Waals surface area contributed by atoms with Crippen LogP contribution in [0, 0.1) is 0 Å². The van der Waals surface area contributed by atoms with Crippen molar-refractivity contribution in [3.8, 4) is 5.69 Å². The van der Waals surface area contributed by atoms with Crippen LogP contribution in [0.25, 0.3) is 5.69 Å². The van der Waals surface area contributed by atoms with Crippen molar-refractivity contribution in [2.45, 2.75) is 31.8 Å². The Morgan fingerprint density at radius 3 is 2.63 bits per heavy atom. The predicted molar refractivity (Wildman–Crippen MR) is 104 cm³/mol. The van der Waals surface area contributed by atoms with Gasteiger partial charge in [0, 0.05) is 37.0 Å². The van der Waals surface area contributed by atoms with E-state index in [2.05, 4.69) is 20.3 Å². The van der Waals surface area contributed by atoms with Crippen molar-refractivity contribution in [3.63, 3.8) is 0 Å². The molecule has 1 unspecified atom stereocenters. The van der Waals surface area contributed by atoms with Gasteiger partial charge in [0.25, 0.3) is 0 Å². The van der Waals surface area contributed by atoms with Crippen LogP contribution in [0.5, 0.6) is 0 Å². The molecule has 6 nitrogen and oxygen atoms in total. The Morgan fingerprint density at radius 1 is 1.07 bits per heavy atom. The highest BCUT2D eigenvalue weighted by molar-refractivity contribution is 5.95. The van der Waals surface area contributed by atoms with Crippen LogP contribution >= 0.6 is 0 Å². The number of anilines is 1. The zero-order valence-corrected chi connectivity index (χ0v) is 15.2. The molecule has 1 amide bonds. The van der Waals surface area contributed by atoms with E-state index in [1.165, 1.54) is 5.56 Å². The van der Waals surface area contributed by atoms with Crippen LogP contribution < -0.4 is 5.32 Å². The van der Waals surface area contributed by atoms with Crippen LogP contribution in [0.4, 0.5) is 5.69 Å². The van der Waals surface area contributed by atoms with Crippen LogP contribution in [0.2, 0.25) is 0 Å². The summed E-state index contributed by atoms with van der Waals surface area (Å²) in [4.78, 5) is 19.2. The predicted octanol–water partition coefficient (Wildman–Crippen LogP) is 3.26. The second-order valence-corrected chi connectivity index (χ2v) is 6.82. The van der Waals surface area contributed by atoms with Gasteiger partial charge >= 0.3 is 0 Å². The maximum Gasteiger partial charge on any atom is 0.241 e. The molecule has 1 aliphatic heterocycles. The number of nitrogens with one attached hydrogen (secondary N) is 1. The molecule has 2 aromatic heterocycles. The van der Waals surface area contributed by atoms with E-state index in [4.69, 9.17) is 0 Å². The molecule has 0 aliphatic carbocycles. The summed E-state index contributed by atoms with van der Waals surface area (Å²) in [5, 5.41) is 7.30. The maximum absolute atomic E-state index is 12.9. The van der Waals surface area contributed by atoms with Gasteiger partial charge in [0.15, 0.2) is 0 Å². The Balaban J connectivity index is 1.42. The van der Waals surface area contributed by atoms with Crippen molar-refractivity contribution >= 4 is 11.6 Å². The van der Waals surface area contributed by atoms with Gasteiger partial charge in [0.2, 0.25) is 5.91 Å². The molecule has 27 heavy (non-hydrogen) atoms. The molecule has 1 fully saturated rings. The highest BCUT2D eigenvalue weighted by Crippen LogP contribution is 2.21. The fourth-order valence-corrected chi connectivity index (χ4v) is 3.54. The SMILES string of the molecule is O=C(Nc1ccc(-n2cccn2)cc1)C1CCCCN1Cc1ccncc1. The van der Waals surface area contributed by atoms with Crippen molar-refractivity contribution in [3.05, 3.63) is 72.8 Å². The van der Waals surface area contributed by atoms with Crippen LogP contribution in [0.3, 0.4) is 0 Å². The van der Waals surface area contributed by atoms with Gasteiger partial charge in [-0.3, -0.25) is 14.7 Å². The minimum absolute atomic E-state index is 0.0654. The first-order valence-electron chi connectivity index (χ1n) is 9.33. The average molecular weight is 361 g/mol. The molecular formula is C21H23N5O. The van der Waals surface area contributed by atoms with E-state index in [9.17, 15) is 4.79 Å². The molecule has 1 N–H and O–H groups in total. The summed E-state index contributed by atoms with van der Waals surface area (Å²) >= 11 is 0. The quantitative estimate of drug-likeness (QED) is 0.758. The Hall–Kier alpha value is -2.99. The number of piperidine rings is 1. The summed E-state index contributed by atoms with van der Waals surface area (Å²) in [5.74, 6) is 0.0654. The molecule has 1 aromatic carbocycles. The first kappa shape index (κ1) is 17.4. The molecule has 0 bridgehead atoms. The van der Waals surface area contributed by atoms with Gasteiger partial charge in [-0.15, -0.1) is 0 Å². The molecule has 138 valence electrons. The molecule has 1 atom stereocenters. The zero-order valence-electron chi connectivity index (χ0n) is 15.2. The maximum atomic E-state index is 12.9.